The molecular formula is C12H14N2O3S. The number of hydrogen-bond acceptors (Lipinski definition) is 6. The van der Waals surface area contributed by atoms with Gasteiger partial charge in [-0.05, 0) is 27.7 Å². The lowest BCUT2D eigenvalue weighted by Gasteiger charge is -1.97. The van der Waals surface area contributed by atoms with Crippen molar-refractivity contribution in [3.05, 3.63) is 22.2 Å². The average Bonchev–Trinajstić information content (AvgIpc) is 2.82. The minimum absolute atomic E-state index is 0.164. The van der Waals surface area contributed by atoms with E-state index in [-0.39, 0.29) is 5.76 Å². The van der Waals surface area contributed by atoms with E-state index in [4.69, 9.17) is 9.15 Å². The fourth-order valence-electron chi connectivity index (χ4n) is 1.61. The van der Waals surface area contributed by atoms with Crippen LogP contribution < -0.4 is 0 Å². The van der Waals surface area contributed by atoms with Gasteiger partial charge in [0.2, 0.25) is 11.7 Å². The van der Waals surface area contributed by atoms with Crippen molar-refractivity contribution in [1.29, 1.82) is 0 Å². The van der Waals surface area contributed by atoms with Gasteiger partial charge in [0, 0.05) is 0 Å². The lowest BCUT2D eigenvalue weighted by atomic mass is 10.4. The third kappa shape index (κ3) is 2.28. The summed E-state index contributed by atoms with van der Waals surface area (Å²) >= 11 is 1.50. The summed E-state index contributed by atoms with van der Waals surface area (Å²) in [4.78, 5) is 21.1. The third-order valence-electron chi connectivity index (χ3n) is 2.36. The van der Waals surface area contributed by atoms with Gasteiger partial charge in [0.15, 0.2) is 0 Å². The Morgan fingerprint density at radius 1 is 1.28 bits per heavy atom. The zero-order valence-corrected chi connectivity index (χ0v) is 11.6. The number of carbonyl (C=O) groups excluding carboxylic acids is 1. The van der Waals surface area contributed by atoms with Crippen molar-refractivity contribution in [2.45, 2.75) is 27.7 Å². The van der Waals surface area contributed by atoms with Gasteiger partial charge in [-0.1, -0.05) is 0 Å². The summed E-state index contributed by atoms with van der Waals surface area (Å²) in [5.74, 6) is 0.114. The summed E-state index contributed by atoms with van der Waals surface area (Å²) in [6, 6.07) is 0. The molecule has 0 aliphatic carbocycles. The van der Waals surface area contributed by atoms with Gasteiger partial charge in [0.05, 0.1) is 23.0 Å². The van der Waals surface area contributed by atoms with Crippen molar-refractivity contribution in [1.82, 2.24) is 9.97 Å². The van der Waals surface area contributed by atoms with E-state index < -0.39 is 5.97 Å². The molecule has 0 saturated carbocycles. The molecule has 0 saturated heterocycles. The molecule has 2 aromatic rings. The number of thiazole rings is 1. The van der Waals surface area contributed by atoms with Crippen molar-refractivity contribution in [2.75, 3.05) is 6.61 Å². The summed E-state index contributed by atoms with van der Waals surface area (Å²) in [5.41, 5.74) is 1.39. The maximum Gasteiger partial charge on any atom is 0.376 e. The molecule has 5 nitrogen and oxygen atoms in total. The lowest BCUT2D eigenvalue weighted by Crippen LogP contribution is -2.04. The standard InChI is InChI=1S/C12H14N2O3S/c1-5-16-12(15)9-6(2)14-11(17-9)10-7(3)13-8(4)18-10/h5H2,1-4H3. The number of rotatable bonds is 3. The van der Waals surface area contributed by atoms with Crippen molar-refractivity contribution in [3.8, 4) is 10.8 Å². The molecule has 96 valence electrons. The highest BCUT2D eigenvalue weighted by Crippen LogP contribution is 2.30. The van der Waals surface area contributed by atoms with E-state index in [0.717, 1.165) is 15.6 Å². The van der Waals surface area contributed by atoms with Gasteiger partial charge in [-0.25, -0.2) is 14.8 Å². The summed E-state index contributed by atoms with van der Waals surface area (Å²) in [7, 11) is 0. The number of aryl methyl sites for hydroxylation is 3. The zero-order valence-electron chi connectivity index (χ0n) is 10.7. The Balaban J connectivity index is 2.40. The van der Waals surface area contributed by atoms with E-state index in [9.17, 15) is 4.79 Å². The average molecular weight is 266 g/mol. The summed E-state index contributed by atoms with van der Waals surface area (Å²) < 4.78 is 10.4. The highest BCUT2D eigenvalue weighted by molar-refractivity contribution is 7.15. The molecule has 0 aliphatic heterocycles. The molecule has 0 bridgehead atoms. The number of esters is 1. The third-order valence-corrected chi connectivity index (χ3v) is 3.42. The first-order valence-corrected chi connectivity index (χ1v) is 6.43. The molecule has 0 aliphatic rings. The molecule has 2 aromatic heterocycles. The van der Waals surface area contributed by atoms with Gasteiger partial charge in [-0.15, -0.1) is 11.3 Å². The Morgan fingerprint density at radius 3 is 2.56 bits per heavy atom. The number of aromatic nitrogens is 2. The first kappa shape index (κ1) is 12.8. The maximum atomic E-state index is 11.6. The van der Waals surface area contributed by atoms with Crippen LogP contribution in [0.1, 0.15) is 33.9 Å². The quantitative estimate of drug-likeness (QED) is 0.799. The lowest BCUT2D eigenvalue weighted by molar-refractivity contribution is 0.0490. The van der Waals surface area contributed by atoms with Crippen LogP contribution in [-0.2, 0) is 4.74 Å². The number of ether oxygens (including phenoxy) is 1. The molecule has 2 heterocycles. The van der Waals surface area contributed by atoms with Crippen LogP contribution in [0.4, 0.5) is 0 Å². The first-order chi connectivity index (χ1) is 8.52. The molecule has 0 amide bonds. The zero-order chi connectivity index (χ0) is 13.3. The molecule has 18 heavy (non-hydrogen) atoms. The van der Waals surface area contributed by atoms with Crippen molar-refractivity contribution >= 4 is 17.3 Å². The van der Waals surface area contributed by atoms with Gasteiger partial charge in [0.1, 0.15) is 4.88 Å². The second kappa shape index (κ2) is 4.89. The molecule has 0 N–H and O–H groups in total. The molecule has 0 spiro atoms. The normalized spacial score (nSPS) is 10.7. The fourth-order valence-corrected chi connectivity index (χ4v) is 2.46. The molecule has 0 unspecified atom stereocenters. The second-order valence-electron chi connectivity index (χ2n) is 3.80. The van der Waals surface area contributed by atoms with Gasteiger partial charge in [-0.3, -0.25) is 0 Å². The minimum Gasteiger partial charge on any atom is -0.460 e. The Bertz CT molecular complexity index is 586. The minimum atomic E-state index is -0.479. The molecule has 2 rings (SSSR count). The SMILES string of the molecule is CCOC(=O)c1oc(-c2sc(C)nc2C)nc1C. The largest absolute Gasteiger partial charge is 0.460 e. The second-order valence-corrected chi connectivity index (χ2v) is 5.00. The van der Waals surface area contributed by atoms with E-state index in [1.165, 1.54) is 11.3 Å². The van der Waals surface area contributed by atoms with Crippen LogP contribution in [0.3, 0.4) is 0 Å². The van der Waals surface area contributed by atoms with Crippen molar-refractivity contribution < 1.29 is 13.9 Å². The Morgan fingerprint density at radius 2 is 2.00 bits per heavy atom. The smallest absolute Gasteiger partial charge is 0.376 e. The number of oxazole rings is 1. The monoisotopic (exact) mass is 266 g/mol. The van der Waals surface area contributed by atoms with E-state index in [1.807, 2.05) is 13.8 Å². The number of nitrogens with zero attached hydrogens (tertiary/aromatic N) is 2. The molecule has 0 fully saturated rings. The number of carbonyl (C=O) groups is 1. The van der Waals surface area contributed by atoms with E-state index >= 15 is 0 Å². The van der Waals surface area contributed by atoms with Crippen LogP contribution in [0.25, 0.3) is 10.8 Å². The molecule has 0 atom stereocenters. The predicted molar refractivity (Wildman–Crippen MR) is 67.8 cm³/mol. The first-order valence-electron chi connectivity index (χ1n) is 5.61. The van der Waals surface area contributed by atoms with Crippen molar-refractivity contribution in [2.24, 2.45) is 0 Å². The molecule has 0 radical (unpaired) electrons. The molecule has 0 aromatic carbocycles. The van der Waals surface area contributed by atoms with E-state index in [1.54, 1.807) is 13.8 Å². The molecule has 6 heteroatoms. The predicted octanol–water partition coefficient (Wildman–Crippen LogP) is 2.90. The van der Waals surface area contributed by atoms with Gasteiger partial charge >= 0.3 is 5.97 Å². The van der Waals surface area contributed by atoms with Crippen LogP contribution in [-0.4, -0.2) is 22.5 Å². The van der Waals surface area contributed by atoms with Crippen LogP contribution in [0.5, 0.6) is 0 Å². The van der Waals surface area contributed by atoms with Crippen LogP contribution in [0, 0.1) is 20.8 Å². The summed E-state index contributed by atoms with van der Waals surface area (Å²) in [6.45, 7) is 7.60. The van der Waals surface area contributed by atoms with Gasteiger partial charge < -0.3 is 9.15 Å². The Hall–Kier alpha value is -1.69. The Labute approximate surface area is 109 Å². The summed E-state index contributed by atoms with van der Waals surface area (Å²) in [6.07, 6.45) is 0. The highest BCUT2D eigenvalue weighted by Gasteiger charge is 2.21. The van der Waals surface area contributed by atoms with Gasteiger partial charge in [0.25, 0.3) is 0 Å². The Kier molecular flexibility index (Phi) is 3.47. The molecular weight excluding hydrogens is 252 g/mol. The summed E-state index contributed by atoms with van der Waals surface area (Å²) in [5, 5.41) is 0.941. The topological polar surface area (TPSA) is 65.2 Å². The van der Waals surface area contributed by atoms with Crippen molar-refractivity contribution in [3.63, 3.8) is 0 Å². The van der Waals surface area contributed by atoms with Crippen LogP contribution >= 0.6 is 11.3 Å². The highest BCUT2D eigenvalue weighted by atomic mass is 32.1. The number of hydrogen-bond donors (Lipinski definition) is 0. The van der Waals surface area contributed by atoms with Gasteiger partial charge in [-0.2, -0.15) is 0 Å². The van der Waals surface area contributed by atoms with Crippen LogP contribution in [0.15, 0.2) is 4.42 Å². The van der Waals surface area contributed by atoms with E-state index in [2.05, 4.69) is 9.97 Å². The van der Waals surface area contributed by atoms with E-state index in [0.29, 0.717) is 18.2 Å². The fraction of sp³-hybridized carbons (Fsp3) is 0.417. The maximum absolute atomic E-state index is 11.6. The van der Waals surface area contributed by atoms with Crippen LogP contribution in [0.2, 0.25) is 0 Å².